The predicted octanol–water partition coefficient (Wildman–Crippen LogP) is 8.01. The van der Waals surface area contributed by atoms with Gasteiger partial charge >= 0.3 is 0 Å². The van der Waals surface area contributed by atoms with Crippen LogP contribution in [0.2, 0.25) is 0 Å². The Hall–Kier alpha value is -8.12. The number of nitrogens with zero attached hydrogens (tertiary/aromatic N) is 6. The molecule has 0 saturated carbocycles. The molecule has 0 aliphatic rings. The number of aromatic nitrogens is 6. The van der Waals surface area contributed by atoms with Gasteiger partial charge in [0.25, 0.3) is 11.1 Å². The van der Waals surface area contributed by atoms with Crippen molar-refractivity contribution in [3.8, 4) is 22.5 Å². The molecule has 4 aromatic heterocycles. The minimum atomic E-state index is -0.550. The summed E-state index contributed by atoms with van der Waals surface area (Å²) in [5.41, 5.74) is 7.31. The van der Waals surface area contributed by atoms with Crippen LogP contribution in [0.25, 0.3) is 44.6 Å². The second kappa shape index (κ2) is 17.8. The van der Waals surface area contributed by atoms with Gasteiger partial charge < -0.3 is 20.7 Å². The summed E-state index contributed by atoms with van der Waals surface area (Å²) in [5.74, 6) is 0. The summed E-state index contributed by atoms with van der Waals surface area (Å²) in [7, 11) is 0. The molecule has 0 amide bonds. The molecule has 9 rings (SSSR count). The van der Waals surface area contributed by atoms with E-state index in [0.29, 0.717) is 45.9 Å². The first kappa shape index (κ1) is 37.8. The molecular weight excluding hydrogens is 741 g/mol. The van der Waals surface area contributed by atoms with Crippen molar-refractivity contribution in [3.05, 3.63) is 214 Å². The minimum Gasteiger partial charge on any atom is -0.423 e. The average molecular weight is 779 g/mol. The summed E-state index contributed by atoms with van der Waals surface area (Å²) in [6, 6.07) is 52.0. The van der Waals surface area contributed by atoms with Crippen LogP contribution in [0.5, 0.6) is 0 Å². The molecule has 290 valence electrons. The topological polar surface area (TPSA) is 149 Å². The summed E-state index contributed by atoms with van der Waals surface area (Å²) in [4.78, 5) is 48.6. The summed E-state index contributed by atoms with van der Waals surface area (Å²) >= 11 is 0. The molecule has 0 saturated heterocycles. The average Bonchev–Trinajstić information content (AvgIpc) is 3.30. The second-order valence-electron chi connectivity index (χ2n) is 13.4. The lowest BCUT2D eigenvalue weighted by molar-refractivity contribution is 0.0980. The van der Waals surface area contributed by atoms with Crippen LogP contribution in [-0.4, -0.2) is 34.6 Å². The molecule has 5 aromatic carbocycles. The zero-order valence-corrected chi connectivity index (χ0v) is 31.7. The predicted molar refractivity (Wildman–Crippen MR) is 230 cm³/mol. The fourth-order valence-corrected chi connectivity index (χ4v) is 6.62. The van der Waals surface area contributed by atoms with Gasteiger partial charge in [-0.1, -0.05) is 152 Å². The SMILES string of the molecule is O=c1cc(NCc2ccccc2)c2c(-c3ccccc3)ncnc2n1O.O=c1cc(NCc2ccccc2)c2c(-c3ccccc3)ncnc2n1OCc1ccccc1. The fraction of sp³-hybridized carbons (Fsp3) is 0.0638. The normalized spacial score (nSPS) is 10.8. The van der Waals surface area contributed by atoms with Gasteiger partial charge in [0.15, 0.2) is 11.3 Å². The Bertz CT molecular complexity index is 2930. The van der Waals surface area contributed by atoms with Crippen LogP contribution in [-0.2, 0) is 19.7 Å². The number of rotatable bonds is 11. The van der Waals surface area contributed by atoms with Crippen molar-refractivity contribution in [2.75, 3.05) is 10.6 Å². The van der Waals surface area contributed by atoms with Crippen molar-refractivity contribution in [3.63, 3.8) is 0 Å². The van der Waals surface area contributed by atoms with E-state index in [1.54, 1.807) is 6.07 Å². The fourth-order valence-electron chi connectivity index (χ4n) is 6.62. The highest BCUT2D eigenvalue weighted by Crippen LogP contribution is 2.32. The van der Waals surface area contributed by atoms with E-state index >= 15 is 0 Å². The van der Waals surface area contributed by atoms with Crippen LogP contribution < -0.4 is 26.6 Å². The highest BCUT2D eigenvalue weighted by atomic mass is 16.7. The third-order valence-electron chi connectivity index (χ3n) is 9.48. The van der Waals surface area contributed by atoms with Gasteiger partial charge in [-0.05, 0) is 16.7 Å². The van der Waals surface area contributed by atoms with Gasteiger partial charge in [-0.25, -0.2) is 19.9 Å². The highest BCUT2D eigenvalue weighted by Gasteiger charge is 2.18. The van der Waals surface area contributed by atoms with Gasteiger partial charge in [-0.3, -0.25) is 9.59 Å². The van der Waals surface area contributed by atoms with Gasteiger partial charge in [0, 0.05) is 36.3 Å². The van der Waals surface area contributed by atoms with E-state index in [2.05, 4.69) is 30.6 Å². The van der Waals surface area contributed by atoms with Crippen molar-refractivity contribution in [1.29, 1.82) is 0 Å². The lowest BCUT2D eigenvalue weighted by atomic mass is 10.1. The maximum atomic E-state index is 13.1. The zero-order chi connectivity index (χ0) is 40.4. The van der Waals surface area contributed by atoms with Crippen molar-refractivity contribution in [2.24, 2.45) is 0 Å². The third-order valence-corrected chi connectivity index (χ3v) is 9.48. The zero-order valence-electron chi connectivity index (χ0n) is 31.7. The van der Waals surface area contributed by atoms with E-state index in [4.69, 9.17) is 4.84 Å². The van der Waals surface area contributed by atoms with Crippen LogP contribution in [0.15, 0.2) is 186 Å². The number of hydrogen-bond acceptors (Lipinski definition) is 10. The standard InChI is InChI=1S/C27H22N4O2.C20H16N4O2/c32-24-16-23(28-17-20-10-4-1-5-11-20)25-26(22-14-8-3-9-15-22)29-19-30-27(25)31(24)33-18-21-12-6-2-7-13-21;25-17-11-16(21-12-14-7-3-1-4-8-14)18-19(15-9-5-2-6-10-15)22-13-23-20(18)24(17)26/h1-16,19,28H,17-18H2;1-11,13,21,26H,12H2. The molecule has 3 N–H and O–H groups in total. The molecule has 0 spiro atoms. The molecule has 12 heteroatoms. The Morgan fingerprint density at radius 3 is 1.39 bits per heavy atom. The molecule has 0 aliphatic carbocycles. The van der Waals surface area contributed by atoms with Crippen LogP contribution in [0.3, 0.4) is 0 Å². The molecule has 0 unspecified atom stereocenters. The Balaban J connectivity index is 0.000000169. The number of anilines is 2. The first-order valence-corrected chi connectivity index (χ1v) is 18.9. The van der Waals surface area contributed by atoms with Crippen LogP contribution in [0.4, 0.5) is 11.4 Å². The molecular formula is C47H38N8O4. The van der Waals surface area contributed by atoms with E-state index in [9.17, 15) is 14.8 Å². The van der Waals surface area contributed by atoms with Crippen molar-refractivity contribution in [2.45, 2.75) is 19.7 Å². The summed E-state index contributed by atoms with van der Waals surface area (Å²) in [6.45, 7) is 1.35. The molecule has 0 radical (unpaired) electrons. The highest BCUT2D eigenvalue weighted by molar-refractivity contribution is 6.00. The summed E-state index contributed by atoms with van der Waals surface area (Å²) < 4.78 is 1.81. The number of pyridine rings is 2. The molecule has 4 heterocycles. The number of fused-ring (bicyclic) bond motifs is 2. The van der Waals surface area contributed by atoms with Gasteiger partial charge in [0.2, 0.25) is 0 Å². The lowest BCUT2D eigenvalue weighted by Crippen LogP contribution is -2.28. The minimum absolute atomic E-state index is 0.168. The van der Waals surface area contributed by atoms with E-state index in [1.807, 2.05) is 152 Å². The molecule has 0 atom stereocenters. The maximum absolute atomic E-state index is 13.1. The number of nitrogens with one attached hydrogen (secondary N) is 2. The van der Waals surface area contributed by atoms with E-state index in [-0.39, 0.29) is 17.8 Å². The number of benzene rings is 5. The van der Waals surface area contributed by atoms with Gasteiger partial charge in [-0.2, -0.15) is 0 Å². The summed E-state index contributed by atoms with van der Waals surface area (Å²) in [6.07, 6.45) is 2.81. The molecule has 12 nitrogen and oxygen atoms in total. The van der Waals surface area contributed by atoms with Crippen LogP contribution in [0, 0.1) is 0 Å². The smallest absolute Gasteiger partial charge is 0.287 e. The molecule has 9 aromatic rings. The Morgan fingerprint density at radius 2 is 0.898 bits per heavy atom. The van der Waals surface area contributed by atoms with E-state index in [0.717, 1.165) is 38.9 Å². The van der Waals surface area contributed by atoms with E-state index < -0.39 is 5.56 Å². The van der Waals surface area contributed by atoms with Gasteiger partial charge in [-0.15, -0.1) is 9.46 Å². The van der Waals surface area contributed by atoms with Crippen molar-refractivity contribution in [1.82, 2.24) is 29.4 Å². The monoisotopic (exact) mass is 778 g/mol. The Kier molecular flexibility index (Phi) is 11.4. The van der Waals surface area contributed by atoms with Gasteiger partial charge in [0.1, 0.15) is 19.3 Å². The first-order chi connectivity index (χ1) is 29.0. The largest absolute Gasteiger partial charge is 0.423 e. The first-order valence-electron chi connectivity index (χ1n) is 18.9. The molecule has 0 aliphatic heterocycles. The molecule has 59 heavy (non-hydrogen) atoms. The van der Waals surface area contributed by atoms with Gasteiger partial charge in [0.05, 0.1) is 33.5 Å². The Morgan fingerprint density at radius 1 is 0.492 bits per heavy atom. The second-order valence-corrected chi connectivity index (χ2v) is 13.4. The Labute approximate surface area is 338 Å². The van der Waals surface area contributed by atoms with E-state index in [1.165, 1.54) is 23.5 Å². The third kappa shape index (κ3) is 8.66. The van der Waals surface area contributed by atoms with Crippen LogP contribution in [0.1, 0.15) is 16.7 Å². The number of hydrogen-bond donors (Lipinski definition) is 3. The summed E-state index contributed by atoms with van der Waals surface area (Å²) in [5, 5.41) is 18.1. The molecule has 0 fully saturated rings. The quantitative estimate of drug-likeness (QED) is 0.110. The van der Waals surface area contributed by atoms with Crippen molar-refractivity contribution >= 4 is 33.4 Å². The van der Waals surface area contributed by atoms with Crippen molar-refractivity contribution < 1.29 is 10.0 Å². The maximum Gasteiger partial charge on any atom is 0.287 e. The van der Waals surface area contributed by atoms with Crippen LogP contribution >= 0.6 is 0 Å². The molecule has 0 bridgehead atoms. The lowest BCUT2D eigenvalue weighted by Gasteiger charge is -2.16.